The number of rotatable bonds is 2. The molecule has 2 rings (SSSR count). The SMILES string of the molecule is NC(c1ccoc1)c1sccc1Cl. The summed E-state index contributed by atoms with van der Waals surface area (Å²) in [6.07, 6.45) is 3.25. The van der Waals surface area contributed by atoms with Crippen LogP contribution in [0, 0.1) is 0 Å². The van der Waals surface area contributed by atoms with Crippen molar-refractivity contribution < 1.29 is 4.42 Å². The molecule has 0 saturated carbocycles. The van der Waals surface area contributed by atoms with Gasteiger partial charge < -0.3 is 10.2 Å². The van der Waals surface area contributed by atoms with Gasteiger partial charge in [0.15, 0.2) is 0 Å². The van der Waals surface area contributed by atoms with Crippen LogP contribution in [0.2, 0.25) is 5.02 Å². The average Bonchev–Trinajstić information content (AvgIpc) is 2.72. The first-order valence-corrected chi connectivity index (χ1v) is 5.05. The molecule has 1 unspecified atom stereocenters. The Balaban J connectivity index is 2.33. The number of halogens is 1. The summed E-state index contributed by atoms with van der Waals surface area (Å²) >= 11 is 7.51. The molecule has 0 aliphatic carbocycles. The zero-order valence-corrected chi connectivity index (χ0v) is 8.31. The standard InChI is InChI=1S/C9H8ClNOS/c10-7-2-4-13-9(7)8(11)6-1-3-12-5-6/h1-5,8H,11H2. The van der Waals surface area contributed by atoms with E-state index in [2.05, 4.69) is 0 Å². The predicted molar refractivity (Wildman–Crippen MR) is 54.1 cm³/mol. The van der Waals surface area contributed by atoms with E-state index in [1.165, 1.54) is 0 Å². The van der Waals surface area contributed by atoms with Crippen molar-refractivity contribution in [1.29, 1.82) is 0 Å². The van der Waals surface area contributed by atoms with Crippen LogP contribution in [0.5, 0.6) is 0 Å². The predicted octanol–water partition coefficient (Wildman–Crippen LogP) is 3.04. The lowest BCUT2D eigenvalue weighted by Crippen LogP contribution is -2.09. The molecule has 0 bridgehead atoms. The quantitative estimate of drug-likeness (QED) is 0.833. The summed E-state index contributed by atoms with van der Waals surface area (Å²) < 4.78 is 4.96. The van der Waals surface area contributed by atoms with Crippen molar-refractivity contribution >= 4 is 22.9 Å². The Kier molecular flexibility index (Phi) is 2.40. The van der Waals surface area contributed by atoms with Crippen LogP contribution in [-0.2, 0) is 0 Å². The summed E-state index contributed by atoms with van der Waals surface area (Å²) in [5, 5.41) is 2.65. The van der Waals surface area contributed by atoms with Crippen molar-refractivity contribution in [2.75, 3.05) is 0 Å². The second kappa shape index (κ2) is 3.54. The molecule has 2 aromatic rings. The third kappa shape index (κ3) is 1.63. The zero-order valence-electron chi connectivity index (χ0n) is 6.74. The van der Waals surface area contributed by atoms with E-state index < -0.39 is 0 Å². The number of hydrogen-bond acceptors (Lipinski definition) is 3. The largest absolute Gasteiger partial charge is 0.472 e. The molecule has 1 atom stereocenters. The fraction of sp³-hybridized carbons (Fsp3) is 0.111. The Morgan fingerprint density at radius 1 is 1.46 bits per heavy atom. The summed E-state index contributed by atoms with van der Waals surface area (Å²) in [4.78, 5) is 0.975. The number of nitrogens with two attached hydrogens (primary N) is 1. The Morgan fingerprint density at radius 3 is 2.85 bits per heavy atom. The summed E-state index contributed by atoms with van der Waals surface area (Å²) in [7, 11) is 0. The summed E-state index contributed by atoms with van der Waals surface area (Å²) in [5.74, 6) is 0. The summed E-state index contributed by atoms with van der Waals surface area (Å²) in [5.41, 5.74) is 6.92. The Hall–Kier alpha value is -0.770. The van der Waals surface area contributed by atoms with Crippen molar-refractivity contribution in [2.45, 2.75) is 6.04 Å². The second-order valence-electron chi connectivity index (χ2n) is 2.67. The molecule has 0 radical (unpaired) electrons. The lowest BCUT2D eigenvalue weighted by Gasteiger charge is -2.06. The maximum atomic E-state index is 5.97. The lowest BCUT2D eigenvalue weighted by atomic mass is 10.1. The van der Waals surface area contributed by atoms with Crippen LogP contribution in [0.25, 0.3) is 0 Å². The lowest BCUT2D eigenvalue weighted by molar-refractivity contribution is 0.562. The third-order valence-corrected chi connectivity index (χ3v) is 3.27. The van der Waals surface area contributed by atoms with Gasteiger partial charge in [-0.25, -0.2) is 0 Å². The van der Waals surface area contributed by atoms with Crippen LogP contribution in [0.3, 0.4) is 0 Å². The normalized spacial score (nSPS) is 13.1. The maximum Gasteiger partial charge on any atom is 0.0954 e. The Labute approximate surface area is 84.9 Å². The van der Waals surface area contributed by atoms with Gasteiger partial charge in [-0.15, -0.1) is 11.3 Å². The Morgan fingerprint density at radius 2 is 2.31 bits per heavy atom. The van der Waals surface area contributed by atoms with Crippen LogP contribution < -0.4 is 5.73 Å². The zero-order chi connectivity index (χ0) is 9.26. The number of furan rings is 1. The molecule has 2 heterocycles. The number of hydrogen-bond donors (Lipinski definition) is 1. The van der Waals surface area contributed by atoms with Gasteiger partial charge in [-0.3, -0.25) is 0 Å². The molecule has 0 aliphatic heterocycles. The third-order valence-electron chi connectivity index (χ3n) is 1.83. The molecule has 2 aromatic heterocycles. The molecule has 0 saturated heterocycles. The van der Waals surface area contributed by atoms with Crippen molar-refractivity contribution in [1.82, 2.24) is 0 Å². The van der Waals surface area contributed by atoms with E-state index in [0.717, 1.165) is 15.5 Å². The molecule has 4 heteroatoms. The monoisotopic (exact) mass is 213 g/mol. The highest BCUT2D eigenvalue weighted by molar-refractivity contribution is 7.10. The topological polar surface area (TPSA) is 39.2 Å². The fourth-order valence-corrected chi connectivity index (χ4v) is 2.33. The van der Waals surface area contributed by atoms with E-state index in [0.29, 0.717) is 0 Å². The minimum atomic E-state index is -0.175. The first-order valence-electron chi connectivity index (χ1n) is 3.79. The minimum absolute atomic E-state index is 0.175. The van der Waals surface area contributed by atoms with Crippen LogP contribution in [-0.4, -0.2) is 0 Å². The van der Waals surface area contributed by atoms with Gasteiger partial charge in [0.05, 0.1) is 23.6 Å². The Bertz CT molecular complexity index is 382. The average molecular weight is 214 g/mol. The van der Waals surface area contributed by atoms with Gasteiger partial charge in [0.1, 0.15) is 0 Å². The van der Waals surface area contributed by atoms with E-state index in [4.69, 9.17) is 21.8 Å². The molecule has 0 fully saturated rings. The van der Waals surface area contributed by atoms with E-state index in [9.17, 15) is 0 Å². The van der Waals surface area contributed by atoms with Gasteiger partial charge in [-0.05, 0) is 17.5 Å². The van der Waals surface area contributed by atoms with E-state index in [1.807, 2.05) is 17.5 Å². The molecule has 0 aromatic carbocycles. The highest BCUT2D eigenvalue weighted by Gasteiger charge is 2.14. The van der Waals surface area contributed by atoms with Crippen LogP contribution in [0.4, 0.5) is 0 Å². The van der Waals surface area contributed by atoms with Crippen molar-refractivity contribution in [3.05, 3.63) is 45.5 Å². The van der Waals surface area contributed by atoms with E-state index in [1.54, 1.807) is 23.9 Å². The van der Waals surface area contributed by atoms with E-state index >= 15 is 0 Å². The molecule has 0 spiro atoms. The molecule has 13 heavy (non-hydrogen) atoms. The van der Waals surface area contributed by atoms with Crippen molar-refractivity contribution in [3.63, 3.8) is 0 Å². The molecular formula is C9H8ClNOS. The van der Waals surface area contributed by atoms with Crippen molar-refractivity contribution in [2.24, 2.45) is 5.73 Å². The maximum absolute atomic E-state index is 5.97. The molecule has 2 nitrogen and oxygen atoms in total. The smallest absolute Gasteiger partial charge is 0.0954 e. The van der Waals surface area contributed by atoms with Crippen LogP contribution >= 0.6 is 22.9 Å². The fourth-order valence-electron chi connectivity index (χ4n) is 1.13. The van der Waals surface area contributed by atoms with Gasteiger partial charge in [-0.2, -0.15) is 0 Å². The minimum Gasteiger partial charge on any atom is -0.472 e. The highest BCUT2D eigenvalue weighted by atomic mass is 35.5. The molecule has 2 N–H and O–H groups in total. The van der Waals surface area contributed by atoms with Gasteiger partial charge >= 0.3 is 0 Å². The summed E-state index contributed by atoms with van der Waals surface area (Å²) in [6, 6.07) is 3.52. The van der Waals surface area contributed by atoms with Gasteiger partial charge in [0, 0.05) is 10.4 Å². The van der Waals surface area contributed by atoms with Crippen LogP contribution in [0.1, 0.15) is 16.5 Å². The first-order chi connectivity index (χ1) is 6.29. The first kappa shape index (κ1) is 8.81. The van der Waals surface area contributed by atoms with Crippen molar-refractivity contribution in [3.8, 4) is 0 Å². The summed E-state index contributed by atoms with van der Waals surface area (Å²) in [6.45, 7) is 0. The highest BCUT2D eigenvalue weighted by Crippen LogP contribution is 2.31. The number of thiophene rings is 1. The van der Waals surface area contributed by atoms with Gasteiger partial charge in [0.2, 0.25) is 0 Å². The van der Waals surface area contributed by atoms with Crippen LogP contribution in [0.15, 0.2) is 34.5 Å². The van der Waals surface area contributed by atoms with Gasteiger partial charge in [-0.1, -0.05) is 11.6 Å². The van der Waals surface area contributed by atoms with Gasteiger partial charge in [0.25, 0.3) is 0 Å². The van der Waals surface area contributed by atoms with E-state index in [-0.39, 0.29) is 6.04 Å². The second-order valence-corrected chi connectivity index (χ2v) is 4.02. The molecule has 68 valence electrons. The molecule has 0 amide bonds. The molecule has 0 aliphatic rings. The molecular weight excluding hydrogens is 206 g/mol.